The molecule has 114 valence electrons. The first-order chi connectivity index (χ1) is 9.71. The molecule has 1 atom stereocenters. The van der Waals surface area contributed by atoms with Gasteiger partial charge in [-0.25, -0.2) is 4.79 Å². The number of alkyl halides is 3. The zero-order chi connectivity index (χ0) is 16.0. The molecule has 0 unspecified atom stereocenters. The molecule has 0 fully saturated rings. The lowest BCUT2D eigenvalue weighted by molar-refractivity contribution is -0.274. The third-order valence-electron chi connectivity index (χ3n) is 2.14. The Balaban J connectivity index is 2.79. The Morgan fingerprint density at radius 2 is 2.19 bits per heavy atom. The second-order valence-corrected chi connectivity index (χ2v) is 4.05. The number of hydrogen-bond acceptors (Lipinski definition) is 4. The number of amides is 2. The molecule has 1 aromatic carbocycles. The number of benzene rings is 1. The predicted octanol–water partition coefficient (Wildman–Crippen LogP) is 1.96. The summed E-state index contributed by atoms with van der Waals surface area (Å²) in [5.74, 6) is -0.653. The minimum absolute atomic E-state index is 0.00616. The van der Waals surface area contributed by atoms with E-state index in [1.165, 1.54) is 6.92 Å². The van der Waals surface area contributed by atoms with Crippen LogP contribution in [0.1, 0.15) is 12.5 Å². The van der Waals surface area contributed by atoms with Crippen LogP contribution in [0.5, 0.6) is 5.75 Å². The third-order valence-corrected chi connectivity index (χ3v) is 2.14. The van der Waals surface area contributed by atoms with Crippen LogP contribution in [0.25, 0.3) is 0 Å². The average Bonchev–Trinajstić information content (AvgIpc) is 2.36. The fourth-order valence-corrected chi connectivity index (χ4v) is 1.32. The quantitative estimate of drug-likeness (QED) is 0.792. The predicted molar refractivity (Wildman–Crippen MR) is 66.5 cm³/mol. The highest BCUT2D eigenvalue weighted by Gasteiger charge is 2.32. The molecule has 0 aliphatic rings. The lowest BCUT2D eigenvalue weighted by Gasteiger charge is -2.12. The molecular weight excluding hydrogens is 291 g/mol. The molecule has 0 bridgehead atoms. The molecule has 6 nitrogen and oxygen atoms in total. The van der Waals surface area contributed by atoms with Crippen molar-refractivity contribution in [3.05, 3.63) is 23.8 Å². The minimum Gasteiger partial charge on any atom is -0.404 e. The van der Waals surface area contributed by atoms with Crippen LogP contribution < -0.4 is 15.4 Å². The van der Waals surface area contributed by atoms with Gasteiger partial charge in [0.2, 0.25) is 0 Å². The molecule has 0 saturated carbocycles. The highest BCUT2D eigenvalue weighted by molar-refractivity contribution is 5.89. The van der Waals surface area contributed by atoms with Gasteiger partial charge >= 0.3 is 12.4 Å². The summed E-state index contributed by atoms with van der Waals surface area (Å²) < 4.78 is 40.0. The molecule has 2 amide bonds. The molecule has 3 N–H and O–H groups in total. The van der Waals surface area contributed by atoms with Gasteiger partial charge in [-0.2, -0.15) is 5.26 Å². The first-order valence-electron chi connectivity index (χ1n) is 5.74. The lowest BCUT2D eigenvalue weighted by Crippen LogP contribution is -2.34. The molecule has 0 aliphatic carbocycles. The largest absolute Gasteiger partial charge is 0.573 e. The van der Waals surface area contributed by atoms with Gasteiger partial charge < -0.3 is 20.5 Å². The van der Waals surface area contributed by atoms with E-state index in [0.717, 1.165) is 18.2 Å². The van der Waals surface area contributed by atoms with Crippen molar-refractivity contribution in [2.24, 2.45) is 0 Å². The Kier molecular flexibility index (Phi) is 5.37. The number of halogens is 3. The average molecular weight is 303 g/mol. The van der Waals surface area contributed by atoms with Crippen molar-refractivity contribution in [2.75, 3.05) is 11.9 Å². The second kappa shape index (κ2) is 6.81. The number of carbonyl (C=O) groups excluding carboxylic acids is 1. The van der Waals surface area contributed by atoms with E-state index in [-0.39, 0.29) is 17.8 Å². The van der Waals surface area contributed by atoms with Crippen molar-refractivity contribution in [1.29, 1.82) is 5.26 Å². The summed E-state index contributed by atoms with van der Waals surface area (Å²) in [5, 5.41) is 22.4. The van der Waals surface area contributed by atoms with E-state index in [1.807, 2.05) is 0 Å². The molecule has 0 aromatic heterocycles. The molecule has 0 radical (unpaired) electrons. The van der Waals surface area contributed by atoms with Crippen LogP contribution in [-0.2, 0) is 0 Å². The van der Waals surface area contributed by atoms with Crippen LogP contribution in [0.15, 0.2) is 18.2 Å². The van der Waals surface area contributed by atoms with Gasteiger partial charge in [0.05, 0.1) is 11.7 Å². The summed E-state index contributed by atoms with van der Waals surface area (Å²) in [7, 11) is 0. The molecule has 1 aromatic rings. The molecule has 1 rings (SSSR count). The number of ether oxygens (including phenoxy) is 1. The SMILES string of the molecule is C[C@@H](O)CNC(=O)Nc1ccc(OC(F)(F)F)c(C#N)c1. The highest BCUT2D eigenvalue weighted by atomic mass is 19.4. The summed E-state index contributed by atoms with van der Waals surface area (Å²) in [5.41, 5.74) is -0.259. The number of hydrogen-bond donors (Lipinski definition) is 3. The number of aliphatic hydroxyl groups excluding tert-OH is 1. The first-order valence-corrected chi connectivity index (χ1v) is 5.74. The van der Waals surface area contributed by atoms with Gasteiger partial charge in [0, 0.05) is 12.2 Å². The van der Waals surface area contributed by atoms with Crippen molar-refractivity contribution < 1.29 is 27.8 Å². The van der Waals surface area contributed by atoms with Gasteiger partial charge in [-0.05, 0) is 25.1 Å². The maximum Gasteiger partial charge on any atom is 0.573 e. The highest BCUT2D eigenvalue weighted by Crippen LogP contribution is 2.28. The van der Waals surface area contributed by atoms with E-state index >= 15 is 0 Å². The number of carbonyl (C=O) groups is 1. The number of rotatable bonds is 4. The molecular formula is C12H12F3N3O3. The number of nitrogens with one attached hydrogen (secondary N) is 2. The van der Waals surface area contributed by atoms with Gasteiger partial charge in [0.25, 0.3) is 0 Å². The maximum absolute atomic E-state index is 12.1. The van der Waals surface area contributed by atoms with E-state index in [2.05, 4.69) is 15.4 Å². The molecule has 0 heterocycles. The van der Waals surface area contributed by atoms with Gasteiger partial charge in [-0.15, -0.1) is 13.2 Å². The summed E-state index contributed by atoms with van der Waals surface area (Å²) in [4.78, 5) is 11.4. The number of aliphatic hydroxyl groups is 1. The van der Waals surface area contributed by atoms with Crippen molar-refractivity contribution >= 4 is 11.7 Å². The van der Waals surface area contributed by atoms with Gasteiger partial charge in [0.15, 0.2) is 0 Å². The Labute approximate surface area is 118 Å². The third kappa shape index (κ3) is 6.01. The number of urea groups is 1. The van der Waals surface area contributed by atoms with Crippen molar-refractivity contribution in [2.45, 2.75) is 19.4 Å². The molecule has 21 heavy (non-hydrogen) atoms. The molecule has 0 aliphatic heterocycles. The zero-order valence-corrected chi connectivity index (χ0v) is 10.9. The molecule has 0 saturated heterocycles. The van der Waals surface area contributed by atoms with Crippen molar-refractivity contribution in [3.63, 3.8) is 0 Å². The van der Waals surface area contributed by atoms with E-state index in [9.17, 15) is 18.0 Å². The van der Waals surface area contributed by atoms with Crippen LogP contribution in [0, 0.1) is 11.3 Å². The van der Waals surface area contributed by atoms with Crippen molar-refractivity contribution in [1.82, 2.24) is 5.32 Å². The molecule has 9 heteroatoms. The van der Waals surface area contributed by atoms with Gasteiger partial charge in [0.1, 0.15) is 11.8 Å². The Hall–Kier alpha value is -2.47. The van der Waals surface area contributed by atoms with Crippen LogP contribution in [-0.4, -0.2) is 30.1 Å². The first kappa shape index (κ1) is 16.6. The van der Waals surface area contributed by atoms with Crippen LogP contribution >= 0.6 is 0 Å². The number of nitriles is 1. The van der Waals surface area contributed by atoms with E-state index < -0.39 is 24.2 Å². The van der Waals surface area contributed by atoms with Gasteiger partial charge in [-0.3, -0.25) is 0 Å². The topological polar surface area (TPSA) is 94.4 Å². The standard InChI is InChI=1S/C12H12F3N3O3/c1-7(19)6-17-11(20)18-9-2-3-10(8(4-9)5-16)21-12(13,14)15/h2-4,7,19H,6H2,1H3,(H2,17,18,20)/t7-/m1/s1. The summed E-state index contributed by atoms with van der Waals surface area (Å²) in [6, 6.07) is 4.01. The number of anilines is 1. The number of nitrogens with zero attached hydrogens (tertiary/aromatic N) is 1. The summed E-state index contributed by atoms with van der Waals surface area (Å²) in [6.45, 7) is 1.48. The van der Waals surface area contributed by atoms with E-state index in [4.69, 9.17) is 10.4 Å². The van der Waals surface area contributed by atoms with E-state index in [1.54, 1.807) is 6.07 Å². The Bertz CT molecular complexity index is 553. The maximum atomic E-state index is 12.1. The normalized spacial score (nSPS) is 12.2. The summed E-state index contributed by atoms with van der Waals surface area (Å²) in [6.07, 6.45) is -5.65. The smallest absolute Gasteiger partial charge is 0.404 e. The van der Waals surface area contributed by atoms with E-state index in [0.29, 0.717) is 0 Å². The minimum atomic E-state index is -4.91. The fourth-order valence-electron chi connectivity index (χ4n) is 1.32. The summed E-state index contributed by atoms with van der Waals surface area (Å²) >= 11 is 0. The van der Waals surface area contributed by atoms with Gasteiger partial charge in [-0.1, -0.05) is 0 Å². The van der Waals surface area contributed by atoms with Crippen LogP contribution in [0.2, 0.25) is 0 Å². The fraction of sp³-hybridized carbons (Fsp3) is 0.333. The van der Waals surface area contributed by atoms with Crippen LogP contribution in [0.3, 0.4) is 0 Å². The Morgan fingerprint density at radius 3 is 2.71 bits per heavy atom. The zero-order valence-electron chi connectivity index (χ0n) is 10.9. The Morgan fingerprint density at radius 1 is 1.52 bits per heavy atom. The monoisotopic (exact) mass is 303 g/mol. The second-order valence-electron chi connectivity index (χ2n) is 4.05. The lowest BCUT2D eigenvalue weighted by atomic mass is 10.2. The molecule has 0 spiro atoms. The van der Waals surface area contributed by atoms with Crippen LogP contribution in [0.4, 0.5) is 23.7 Å². The van der Waals surface area contributed by atoms with Crippen molar-refractivity contribution in [3.8, 4) is 11.8 Å².